The van der Waals surface area contributed by atoms with Crippen LogP contribution in [0.5, 0.6) is 0 Å². The molecule has 0 saturated heterocycles. The fourth-order valence-electron chi connectivity index (χ4n) is 5.50. The zero-order valence-corrected chi connectivity index (χ0v) is 20.4. The van der Waals surface area contributed by atoms with Gasteiger partial charge in [0.2, 0.25) is 0 Å². The van der Waals surface area contributed by atoms with Crippen molar-refractivity contribution in [2.24, 2.45) is 0 Å². The molecule has 0 aliphatic carbocycles. The normalized spacial score (nSPS) is 11.2. The number of para-hydroxylation sites is 2. The average molecular weight is 472 g/mol. The van der Waals surface area contributed by atoms with Gasteiger partial charge < -0.3 is 4.90 Å². The number of benzene rings is 7. The minimum absolute atomic E-state index is 1.14. The van der Waals surface area contributed by atoms with E-state index in [1.54, 1.807) is 0 Å². The molecule has 0 aliphatic heterocycles. The quantitative estimate of drug-likeness (QED) is 0.231. The Morgan fingerprint density at radius 2 is 0.730 bits per heavy atom. The van der Waals surface area contributed by atoms with Crippen molar-refractivity contribution in [2.45, 2.75) is 0 Å². The van der Waals surface area contributed by atoms with Crippen LogP contribution in [-0.4, -0.2) is 0 Å². The molecule has 0 radical (unpaired) electrons. The first kappa shape index (κ1) is 21.4. The van der Waals surface area contributed by atoms with Crippen LogP contribution in [0.4, 0.5) is 17.1 Å². The maximum Gasteiger partial charge on any atom is 0.0468 e. The number of rotatable bonds is 4. The zero-order chi connectivity index (χ0) is 24.6. The summed E-state index contributed by atoms with van der Waals surface area (Å²) in [7, 11) is 0. The third kappa shape index (κ3) is 3.73. The fraction of sp³-hybridized carbons (Fsp3) is 0. The van der Waals surface area contributed by atoms with Gasteiger partial charge >= 0.3 is 0 Å². The molecule has 1 heteroatoms. The van der Waals surface area contributed by atoms with Crippen molar-refractivity contribution in [3.05, 3.63) is 152 Å². The van der Waals surface area contributed by atoms with E-state index in [4.69, 9.17) is 0 Å². The molecule has 0 fully saturated rings. The molecule has 0 heterocycles. The van der Waals surface area contributed by atoms with E-state index in [1.165, 1.54) is 43.4 Å². The van der Waals surface area contributed by atoms with Crippen LogP contribution >= 0.6 is 0 Å². The van der Waals surface area contributed by atoms with Gasteiger partial charge in [0.05, 0.1) is 0 Å². The van der Waals surface area contributed by atoms with E-state index in [0.29, 0.717) is 0 Å². The molecule has 0 aliphatic rings. The van der Waals surface area contributed by atoms with Crippen molar-refractivity contribution < 1.29 is 0 Å². The Morgan fingerprint density at radius 1 is 0.270 bits per heavy atom. The molecule has 0 amide bonds. The van der Waals surface area contributed by atoms with Crippen LogP contribution in [-0.2, 0) is 0 Å². The van der Waals surface area contributed by atoms with Crippen LogP contribution < -0.4 is 4.90 Å². The molecule has 0 saturated carbocycles. The number of hydrogen-bond acceptors (Lipinski definition) is 1. The van der Waals surface area contributed by atoms with Gasteiger partial charge in [-0.1, -0.05) is 109 Å². The molecule has 0 spiro atoms. The van der Waals surface area contributed by atoms with Crippen molar-refractivity contribution >= 4 is 49.4 Å². The van der Waals surface area contributed by atoms with Gasteiger partial charge in [-0.3, -0.25) is 0 Å². The van der Waals surface area contributed by atoms with Crippen molar-refractivity contribution in [1.82, 2.24) is 0 Å². The number of fused-ring (bicyclic) bond motifs is 6. The van der Waals surface area contributed by atoms with Gasteiger partial charge in [0.15, 0.2) is 0 Å². The van der Waals surface area contributed by atoms with Crippen molar-refractivity contribution in [2.75, 3.05) is 4.90 Å². The first-order chi connectivity index (χ1) is 18.4. The average Bonchev–Trinajstić information content (AvgIpc) is 2.99. The van der Waals surface area contributed by atoms with Gasteiger partial charge in [-0.2, -0.15) is 0 Å². The Labute approximate surface area is 216 Å². The Hall–Kier alpha value is -4.88. The van der Waals surface area contributed by atoms with Crippen LogP contribution in [0, 0.1) is 0 Å². The molecule has 0 N–H and O–H groups in total. The summed E-state index contributed by atoms with van der Waals surface area (Å²) in [5.41, 5.74) is 5.91. The second kappa shape index (κ2) is 8.96. The third-order valence-electron chi connectivity index (χ3n) is 7.21. The summed E-state index contributed by atoms with van der Waals surface area (Å²) >= 11 is 0. The lowest BCUT2D eigenvalue weighted by Gasteiger charge is -2.26. The Balaban J connectivity index is 1.52. The zero-order valence-electron chi connectivity index (χ0n) is 20.4. The first-order valence-electron chi connectivity index (χ1n) is 12.7. The number of hydrogen-bond donors (Lipinski definition) is 0. The van der Waals surface area contributed by atoms with Gasteiger partial charge in [0.1, 0.15) is 0 Å². The van der Waals surface area contributed by atoms with Crippen molar-refractivity contribution in [3.63, 3.8) is 0 Å². The van der Waals surface area contributed by atoms with E-state index in [2.05, 4.69) is 157 Å². The molecule has 0 bridgehead atoms. The molecule has 1 nitrogen and oxygen atoms in total. The van der Waals surface area contributed by atoms with E-state index >= 15 is 0 Å². The third-order valence-corrected chi connectivity index (χ3v) is 7.21. The number of anilines is 3. The van der Waals surface area contributed by atoms with E-state index in [1.807, 2.05) is 0 Å². The number of nitrogens with zero attached hydrogens (tertiary/aromatic N) is 1. The smallest absolute Gasteiger partial charge is 0.0468 e. The summed E-state index contributed by atoms with van der Waals surface area (Å²) in [6.07, 6.45) is 0. The molecular weight excluding hydrogens is 446 g/mol. The fourth-order valence-corrected chi connectivity index (χ4v) is 5.50. The van der Waals surface area contributed by atoms with Gasteiger partial charge in [0, 0.05) is 17.1 Å². The van der Waals surface area contributed by atoms with E-state index in [-0.39, 0.29) is 0 Å². The second-order valence-corrected chi connectivity index (χ2v) is 9.41. The summed E-state index contributed by atoms with van der Waals surface area (Å²) in [5, 5.41) is 7.68. The predicted octanol–water partition coefficient (Wildman–Crippen LogP) is 10.3. The van der Waals surface area contributed by atoms with Gasteiger partial charge in [-0.25, -0.2) is 0 Å². The molecule has 7 aromatic carbocycles. The van der Waals surface area contributed by atoms with Crippen LogP contribution in [0.1, 0.15) is 0 Å². The molecule has 0 aromatic heterocycles. The van der Waals surface area contributed by atoms with E-state index in [9.17, 15) is 0 Å². The van der Waals surface area contributed by atoms with Crippen LogP contribution in [0.15, 0.2) is 152 Å². The van der Waals surface area contributed by atoms with Crippen molar-refractivity contribution in [1.29, 1.82) is 0 Å². The molecule has 7 rings (SSSR count). The molecule has 174 valence electrons. The van der Waals surface area contributed by atoms with E-state index < -0.39 is 0 Å². The van der Waals surface area contributed by atoms with Gasteiger partial charge in [0.25, 0.3) is 0 Å². The molecule has 7 aromatic rings. The highest BCUT2D eigenvalue weighted by atomic mass is 15.1. The highest BCUT2D eigenvalue weighted by Gasteiger charge is 2.15. The highest BCUT2D eigenvalue weighted by Crippen LogP contribution is 2.41. The maximum absolute atomic E-state index is 2.35. The molecular formula is C36H25N. The Bertz CT molecular complexity index is 1820. The van der Waals surface area contributed by atoms with Gasteiger partial charge in [-0.15, -0.1) is 0 Å². The van der Waals surface area contributed by atoms with E-state index in [0.717, 1.165) is 17.1 Å². The second-order valence-electron chi connectivity index (χ2n) is 9.41. The summed E-state index contributed by atoms with van der Waals surface area (Å²) in [6, 6.07) is 54.4. The first-order valence-corrected chi connectivity index (χ1v) is 12.7. The Morgan fingerprint density at radius 3 is 1.38 bits per heavy atom. The lowest BCUT2D eigenvalue weighted by molar-refractivity contribution is 1.29. The Kier molecular flexibility index (Phi) is 5.19. The van der Waals surface area contributed by atoms with Crippen LogP contribution in [0.3, 0.4) is 0 Å². The largest absolute Gasteiger partial charge is 0.310 e. The SMILES string of the molecule is c1ccc(-c2ccc3c(c2)c2ccccc2c2ccc(N(c4ccccc4)c4ccccc4)cc23)cc1. The topological polar surface area (TPSA) is 3.24 Å². The summed E-state index contributed by atoms with van der Waals surface area (Å²) < 4.78 is 0. The lowest BCUT2D eigenvalue weighted by atomic mass is 9.91. The summed E-state index contributed by atoms with van der Waals surface area (Å²) in [6.45, 7) is 0. The van der Waals surface area contributed by atoms with Crippen LogP contribution in [0.25, 0.3) is 43.4 Å². The summed E-state index contributed by atoms with van der Waals surface area (Å²) in [4.78, 5) is 2.33. The molecule has 37 heavy (non-hydrogen) atoms. The van der Waals surface area contributed by atoms with Crippen molar-refractivity contribution in [3.8, 4) is 11.1 Å². The highest BCUT2D eigenvalue weighted by molar-refractivity contribution is 6.26. The van der Waals surface area contributed by atoms with Crippen LogP contribution in [0.2, 0.25) is 0 Å². The molecule has 0 atom stereocenters. The monoisotopic (exact) mass is 471 g/mol. The summed E-state index contributed by atoms with van der Waals surface area (Å²) in [5.74, 6) is 0. The minimum Gasteiger partial charge on any atom is -0.310 e. The molecule has 0 unspecified atom stereocenters. The van der Waals surface area contributed by atoms with Gasteiger partial charge in [-0.05, 0) is 85.9 Å². The minimum atomic E-state index is 1.14. The standard InChI is InChI=1S/C36H25N/c1-4-12-26(13-5-1)27-20-22-34-35(24-27)32-19-11-10-18-31(32)33-23-21-30(25-36(33)34)37(28-14-6-2-7-15-28)29-16-8-3-9-17-29/h1-25H. The maximum atomic E-state index is 2.35. The lowest BCUT2D eigenvalue weighted by Crippen LogP contribution is -2.09. The predicted molar refractivity (Wildman–Crippen MR) is 159 cm³/mol.